The average molecular weight is 396 g/mol. The number of esters is 1. The molecule has 0 bridgehead atoms. The fraction of sp³-hybridized carbons (Fsp3) is 0.350. The number of nitrogens with zero attached hydrogens (tertiary/aromatic N) is 3. The summed E-state index contributed by atoms with van der Waals surface area (Å²) in [5.41, 5.74) is 0.584. The first-order chi connectivity index (χ1) is 14.0. The molecule has 0 saturated carbocycles. The molecule has 1 unspecified atom stereocenters. The molecule has 0 saturated heterocycles. The Hall–Kier alpha value is -3.49. The minimum Gasteiger partial charge on any atom is -0.449 e. The van der Waals surface area contributed by atoms with Gasteiger partial charge >= 0.3 is 5.97 Å². The van der Waals surface area contributed by atoms with E-state index in [0.717, 1.165) is 18.7 Å². The van der Waals surface area contributed by atoms with E-state index >= 15 is 0 Å². The summed E-state index contributed by atoms with van der Waals surface area (Å²) in [6.07, 6.45) is 0.911. The standard InChI is InChI=1S/C20H20N4O5/c1-3-15(18(25)22-16-9-11(2)29-23-16)28-20(27)12-6-7-13-14(10-12)21-17-5-4-8-24(17)19(13)26/h6-7,9-10,15H,3-5,8H2,1-2H3,(H,22,23,25). The third kappa shape index (κ3) is 3.63. The molecular weight excluding hydrogens is 376 g/mol. The number of carbonyl (C=O) groups excluding carboxylic acids is 2. The van der Waals surface area contributed by atoms with Crippen LogP contribution in [0, 0.1) is 6.92 Å². The van der Waals surface area contributed by atoms with Crippen molar-refractivity contribution in [2.45, 2.75) is 45.8 Å². The van der Waals surface area contributed by atoms with Crippen molar-refractivity contribution in [2.75, 3.05) is 5.32 Å². The number of ether oxygens (including phenoxy) is 1. The lowest BCUT2D eigenvalue weighted by molar-refractivity contribution is -0.124. The summed E-state index contributed by atoms with van der Waals surface area (Å²) in [5, 5.41) is 6.71. The van der Waals surface area contributed by atoms with Gasteiger partial charge in [-0.05, 0) is 38.0 Å². The molecule has 0 spiro atoms. The van der Waals surface area contributed by atoms with Crippen LogP contribution in [0.4, 0.5) is 5.82 Å². The molecule has 1 aliphatic rings. The van der Waals surface area contributed by atoms with E-state index in [1.807, 2.05) is 0 Å². The monoisotopic (exact) mass is 396 g/mol. The molecule has 4 rings (SSSR count). The molecule has 9 nitrogen and oxygen atoms in total. The predicted molar refractivity (Wildman–Crippen MR) is 104 cm³/mol. The van der Waals surface area contributed by atoms with Crippen molar-refractivity contribution in [2.24, 2.45) is 0 Å². The van der Waals surface area contributed by atoms with Crippen LogP contribution in [0.1, 0.15) is 41.7 Å². The summed E-state index contributed by atoms with van der Waals surface area (Å²) in [7, 11) is 0. The highest BCUT2D eigenvalue weighted by Crippen LogP contribution is 2.18. The van der Waals surface area contributed by atoms with Crippen LogP contribution >= 0.6 is 0 Å². The van der Waals surface area contributed by atoms with Crippen LogP contribution in [-0.2, 0) is 22.5 Å². The van der Waals surface area contributed by atoms with Crippen LogP contribution in [0.25, 0.3) is 10.9 Å². The lowest BCUT2D eigenvalue weighted by Gasteiger charge is -2.15. The molecule has 150 valence electrons. The van der Waals surface area contributed by atoms with Crippen LogP contribution in [0.2, 0.25) is 0 Å². The van der Waals surface area contributed by atoms with Crippen LogP contribution in [-0.4, -0.2) is 32.7 Å². The molecule has 3 aromatic rings. The minimum absolute atomic E-state index is 0.101. The van der Waals surface area contributed by atoms with E-state index in [4.69, 9.17) is 9.26 Å². The molecule has 0 fully saturated rings. The number of carbonyl (C=O) groups is 2. The summed E-state index contributed by atoms with van der Waals surface area (Å²) in [4.78, 5) is 42.0. The second kappa shape index (κ2) is 7.50. The number of fused-ring (bicyclic) bond motifs is 2. The Morgan fingerprint density at radius 1 is 1.34 bits per heavy atom. The van der Waals surface area contributed by atoms with Crippen molar-refractivity contribution in [3.8, 4) is 0 Å². The Labute approximate surface area is 165 Å². The summed E-state index contributed by atoms with van der Waals surface area (Å²) in [6.45, 7) is 4.10. The zero-order chi connectivity index (χ0) is 20.5. The largest absolute Gasteiger partial charge is 0.449 e. The van der Waals surface area contributed by atoms with Gasteiger partial charge in [0.15, 0.2) is 11.9 Å². The van der Waals surface area contributed by atoms with E-state index in [1.165, 1.54) is 12.1 Å². The number of hydrogen-bond acceptors (Lipinski definition) is 7. The molecule has 1 atom stereocenters. The summed E-state index contributed by atoms with van der Waals surface area (Å²) in [5.74, 6) is 0.376. The van der Waals surface area contributed by atoms with Gasteiger partial charge in [0.25, 0.3) is 11.5 Å². The fourth-order valence-corrected chi connectivity index (χ4v) is 3.36. The van der Waals surface area contributed by atoms with E-state index in [1.54, 1.807) is 30.5 Å². The number of amides is 1. The second-order valence-electron chi connectivity index (χ2n) is 6.93. The quantitative estimate of drug-likeness (QED) is 0.657. The number of aryl methyl sites for hydroxylation is 2. The van der Waals surface area contributed by atoms with E-state index in [2.05, 4.69) is 15.5 Å². The van der Waals surface area contributed by atoms with Crippen molar-refractivity contribution in [1.82, 2.24) is 14.7 Å². The van der Waals surface area contributed by atoms with Gasteiger partial charge in [-0.25, -0.2) is 9.78 Å². The smallest absolute Gasteiger partial charge is 0.338 e. The van der Waals surface area contributed by atoms with Crippen LogP contribution in [0.3, 0.4) is 0 Å². The molecule has 9 heteroatoms. The summed E-state index contributed by atoms with van der Waals surface area (Å²) < 4.78 is 12.0. The number of anilines is 1. The maximum absolute atomic E-state index is 12.6. The van der Waals surface area contributed by atoms with E-state index in [0.29, 0.717) is 23.2 Å². The SMILES string of the molecule is CCC(OC(=O)c1ccc2c(=O)n3c(nc2c1)CCC3)C(=O)Nc1cc(C)on1. The van der Waals surface area contributed by atoms with Crippen molar-refractivity contribution < 1.29 is 18.8 Å². The highest BCUT2D eigenvalue weighted by Gasteiger charge is 2.24. The molecule has 0 radical (unpaired) electrons. The number of aromatic nitrogens is 3. The van der Waals surface area contributed by atoms with Gasteiger partial charge < -0.3 is 14.6 Å². The Kier molecular flexibility index (Phi) is 4.87. The van der Waals surface area contributed by atoms with Crippen molar-refractivity contribution in [3.63, 3.8) is 0 Å². The van der Waals surface area contributed by atoms with Gasteiger partial charge in [-0.3, -0.25) is 14.2 Å². The zero-order valence-electron chi connectivity index (χ0n) is 16.1. The number of hydrogen-bond donors (Lipinski definition) is 1. The lowest BCUT2D eigenvalue weighted by atomic mass is 10.1. The van der Waals surface area contributed by atoms with Gasteiger partial charge in [0.2, 0.25) is 0 Å². The van der Waals surface area contributed by atoms with Crippen LogP contribution < -0.4 is 10.9 Å². The first-order valence-electron chi connectivity index (χ1n) is 9.45. The molecule has 1 aliphatic heterocycles. The minimum atomic E-state index is -0.992. The van der Waals surface area contributed by atoms with E-state index in [-0.39, 0.29) is 23.4 Å². The normalized spacial score (nSPS) is 13.9. The second-order valence-corrected chi connectivity index (χ2v) is 6.93. The van der Waals surface area contributed by atoms with Crippen molar-refractivity contribution in [3.05, 3.63) is 51.8 Å². The summed E-state index contributed by atoms with van der Waals surface area (Å²) in [6, 6.07) is 6.19. The lowest BCUT2D eigenvalue weighted by Crippen LogP contribution is -2.32. The molecule has 1 aromatic carbocycles. The topological polar surface area (TPSA) is 116 Å². The molecule has 1 amide bonds. The number of rotatable bonds is 5. The molecule has 0 aliphatic carbocycles. The predicted octanol–water partition coefficient (Wildman–Crippen LogP) is 2.21. The van der Waals surface area contributed by atoms with Crippen LogP contribution in [0.15, 0.2) is 33.6 Å². The van der Waals surface area contributed by atoms with Crippen molar-refractivity contribution in [1.29, 1.82) is 0 Å². The Morgan fingerprint density at radius 3 is 2.90 bits per heavy atom. The molecule has 29 heavy (non-hydrogen) atoms. The molecule has 1 N–H and O–H groups in total. The number of nitrogens with one attached hydrogen (secondary N) is 1. The third-order valence-electron chi connectivity index (χ3n) is 4.84. The highest BCUT2D eigenvalue weighted by molar-refractivity contribution is 5.98. The average Bonchev–Trinajstić information content (AvgIpc) is 3.34. The Morgan fingerprint density at radius 2 is 2.17 bits per heavy atom. The molecule has 3 heterocycles. The van der Waals surface area contributed by atoms with Gasteiger partial charge in [0.1, 0.15) is 11.6 Å². The third-order valence-corrected chi connectivity index (χ3v) is 4.84. The zero-order valence-corrected chi connectivity index (χ0v) is 16.1. The Balaban J connectivity index is 1.53. The first-order valence-corrected chi connectivity index (χ1v) is 9.45. The maximum atomic E-state index is 12.6. The van der Waals surface area contributed by atoms with Crippen molar-refractivity contribution >= 4 is 28.6 Å². The highest BCUT2D eigenvalue weighted by atomic mass is 16.5. The van der Waals surface area contributed by atoms with E-state index < -0.39 is 18.0 Å². The molecular formula is C20H20N4O5. The van der Waals surface area contributed by atoms with Gasteiger partial charge in [-0.1, -0.05) is 12.1 Å². The first kappa shape index (κ1) is 18.9. The maximum Gasteiger partial charge on any atom is 0.338 e. The van der Waals surface area contributed by atoms with Gasteiger partial charge in [0.05, 0.1) is 16.5 Å². The molecule has 2 aromatic heterocycles. The summed E-state index contributed by atoms with van der Waals surface area (Å²) >= 11 is 0. The van der Waals surface area contributed by atoms with E-state index in [9.17, 15) is 14.4 Å². The fourth-order valence-electron chi connectivity index (χ4n) is 3.36. The van der Waals surface area contributed by atoms with Gasteiger partial charge in [-0.2, -0.15) is 0 Å². The van der Waals surface area contributed by atoms with Gasteiger partial charge in [-0.15, -0.1) is 0 Å². The van der Waals surface area contributed by atoms with Crippen LogP contribution in [0.5, 0.6) is 0 Å². The number of benzene rings is 1. The van der Waals surface area contributed by atoms with Gasteiger partial charge in [0, 0.05) is 19.0 Å². The Bertz CT molecular complexity index is 1160.